The van der Waals surface area contributed by atoms with E-state index in [1.807, 2.05) is 13.0 Å². The molecule has 0 aromatic rings. The van der Waals surface area contributed by atoms with E-state index in [9.17, 15) is 4.79 Å². The Morgan fingerprint density at radius 2 is 0.795 bits per heavy atom. The fraction of sp³-hybridized carbons (Fsp3) is 0.865. The number of rotatable bonds is 31. The van der Waals surface area contributed by atoms with Gasteiger partial charge in [-0.3, -0.25) is 4.79 Å². The number of nitrogens with two attached hydrogens (primary N) is 1. The van der Waals surface area contributed by atoms with Gasteiger partial charge in [-0.05, 0) is 38.2 Å². The Bertz CT molecular complexity index is 566. The number of ketones is 1. The third-order valence-corrected chi connectivity index (χ3v) is 8.43. The van der Waals surface area contributed by atoms with Crippen LogP contribution in [0.4, 0.5) is 0 Å². The molecule has 39 heavy (non-hydrogen) atoms. The average molecular weight is 546 g/mol. The van der Waals surface area contributed by atoms with Crippen LogP contribution in [0.2, 0.25) is 0 Å². The highest BCUT2D eigenvalue weighted by atomic mass is 16.1. The fourth-order valence-corrected chi connectivity index (χ4v) is 5.40. The van der Waals surface area contributed by atoms with Gasteiger partial charge in [-0.2, -0.15) is 0 Å². The molecule has 230 valence electrons. The van der Waals surface area contributed by atoms with E-state index in [0.29, 0.717) is 6.42 Å². The highest BCUT2D eigenvalue weighted by Gasteiger charge is 2.26. The molecule has 2 nitrogen and oxygen atoms in total. The van der Waals surface area contributed by atoms with Gasteiger partial charge in [0.2, 0.25) is 0 Å². The van der Waals surface area contributed by atoms with Crippen molar-refractivity contribution in [2.45, 2.75) is 206 Å². The summed E-state index contributed by atoms with van der Waals surface area (Å²) in [6.45, 7) is 6.59. The molecule has 0 aromatic heterocycles. The van der Waals surface area contributed by atoms with E-state index in [2.05, 4.69) is 26.0 Å². The van der Waals surface area contributed by atoms with E-state index < -0.39 is 5.54 Å². The van der Waals surface area contributed by atoms with Crippen LogP contribution in [-0.2, 0) is 4.79 Å². The second-order valence-electron chi connectivity index (χ2n) is 12.3. The molecule has 0 spiro atoms. The van der Waals surface area contributed by atoms with E-state index in [0.717, 1.165) is 12.8 Å². The minimum Gasteiger partial charge on any atom is -0.315 e. The van der Waals surface area contributed by atoms with Gasteiger partial charge in [-0.25, -0.2) is 0 Å². The minimum absolute atomic E-state index is 0.0608. The molecule has 0 heterocycles. The number of unbranched alkanes of at least 4 members (excludes halogenated alkanes) is 25. The van der Waals surface area contributed by atoms with Gasteiger partial charge in [-0.1, -0.05) is 187 Å². The predicted molar refractivity (Wildman–Crippen MR) is 177 cm³/mol. The molecule has 0 saturated heterocycles. The highest BCUT2D eigenvalue weighted by molar-refractivity contribution is 5.99. The van der Waals surface area contributed by atoms with Crippen LogP contribution in [0.3, 0.4) is 0 Å². The Hall–Kier alpha value is -0.890. The number of carbonyl (C=O) groups is 1. The molecule has 0 amide bonds. The molecule has 1 atom stereocenters. The van der Waals surface area contributed by atoms with Gasteiger partial charge in [0.15, 0.2) is 5.78 Å². The fourth-order valence-electron chi connectivity index (χ4n) is 5.40. The van der Waals surface area contributed by atoms with Gasteiger partial charge >= 0.3 is 0 Å². The Morgan fingerprint density at radius 1 is 0.487 bits per heavy atom. The first-order valence-electron chi connectivity index (χ1n) is 17.8. The van der Waals surface area contributed by atoms with Crippen LogP contribution in [0.1, 0.15) is 201 Å². The van der Waals surface area contributed by atoms with Crippen molar-refractivity contribution in [3.63, 3.8) is 0 Å². The SMILES string of the molecule is CCCCCCCCCCCCCCC=CC(N)(CC)C(=O)C=CCCCCCCCCCCCCCCC. The predicted octanol–water partition coefficient (Wildman–Crippen LogP) is 12.3. The molecule has 0 radical (unpaired) electrons. The van der Waals surface area contributed by atoms with Crippen LogP contribution in [0.5, 0.6) is 0 Å². The molecule has 0 fully saturated rings. The maximum atomic E-state index is 12.7. The highest BCUT2D eigenvalue weighted by Crippen LogP contribution is 2.16. The zero-order valence-corrected chi connectivity index (χ0v) is 27.1. The quantitative estimate of drug-likeness (QED) is 0.0534. The largest absolute Gasteiger partial charge is 0.315 e. The first-order chi connectivity index (χ1) is 19.1. The lowest BCUT2D eigenvalue weighted by molar-refractivity contribution is -0.118. The number of hydrogen-bond donors (Lipinski definition) is 1. The molecule has 0 aliphatic heterocycles. The second kappa shape index (κ2) is 30.1. The van der Waals surface area contributed by atoms with Crippen molar-refractivity contribution in [3.05, 3.63) is 24.3 Å². The molecule has 0 aliphatic rings. The number of hydrogen-bond acceptors (Lipinski definition) is 2. The van der Waals surface area contributed by atoms with Gasteiger partial charge < -0.3 is 5.73 Å². The van der Waals surface area contributed by atoms with Crippen LogP contribution >= 0.6 is 0 Å². The van der Waals surface area contributed by atoms with Crippen molar-refractivity contribution >= 4 is 5.78 Å². The zero-order chi connectivity index (χ0) is 28.7. The first-order valence-corrected chi connectivity index (χ1v) is 17.8. The Labute approximate surface area is 246 Å². The summed E-state index contributed by atoms with van der Waals surface area (Å²) in [6.07, 6.45) is 44.9. The molecule has 0 bridgehead atoms. The lowest BCUT2D eigenvalue weighted by Crippen LogP contribution is -2.44. The van der Waals surface area contributed by atoms with E-state index >= 15 is 0 Å². The topological polar surface area (TPSA) is 43.1 Å². The molecule has 2 N–H and O–H groups in total. The van der Waals surface area contributed by atoms with Crippen molar-refractivity contribution in [1.29, 1.82) is 0 Å². The molecule has 1 unspecified atom stereocenters. The van der Waals surface area contributed by atoms with E-state index in [-0.39, 0.29) is 5.78 Å². The molecule has 0 rings (SSSR count). The smallest absolute Gasteiger partial charge is 0.179 e. The Kier molecular flexibility index (Phi) is 29.4. The molecule has 2 heteroatoms. The van der Waals surface area contributed by atoms with Crippen molar-refractivity contribution in [2.75, 3.05) is 0 Å². The minimum atomic E-state index is -0.830. The van der Waals surface area contributed by atoms with Crippen molar-refractivity contribution in [2.24, 2.45) is 5.73 Å². The van der Waals surface area contributed by atoms with Gasteiger partial charge in [0.25, 0.3) is 0 Å². The summed E-state index contributed by atoms with van der Waals surface area (Å²) in [4.78, 5) is 12.7. The van der Waals surface area contributed by atoms with Gasteiger partial charge in [0.05, 0.1) is 5.54 Å². The van der Waals surface area contributed by atoms with Crippen molar-refractivity contribution in [1.82, 2.24) is 0 Å². The molecule has 0 saturated carbocycles. The molecular formula is C37H71NO. The second-order valence-corrected chi connectivity index (χ2v) is 12.3. The molecular weight excluding hydrogens is 474 g/mol. The summed E-state index contributed by atoms with van der Waals surface area (Å²) >= 11 is 0. The monoisotopic (exact) mass is 546 g/mol. The van der Waals surface area contributed by atoms with Crippen molar-refractivity contribution < 1.29 is 4.79 Å². The van der Waals surface area contributed by atoms with Gasteiger partial charge in [0.1, 0.15) is 0 Å². The number of allylic oxidation sites excluding steroid dienone is 2. The molecule has 0 aliphatic carbocycles. The maximum absolute atomic E-state index is 12.7. The zero-order valence-electron chi connectivity index (χ0n) is 27.1. The first kappa shape index (κ1) is 38.1. The Balaban J connectivity index is 3.72. The Morgan fingerprint density at radius 3 is 1.13 bits per heavy atom. The summed E-state index contributed by atoms with van der Waals surface area (Å²) < 4.78 is 0. The third-order valence-electron chi connectivity index (χ3n) is 8.43. The normalized spacial score (nSPS) is 13.5. The van der Waals surface area contributed by atoms with Crippen LogP contribution in [0.15, 0.2) is 24.3 Å². The summed E-state index contributed by atoms with van der Waals surface area (Å²) in [5.41, 5.74) is 5.63. The van der Waals surface area contributed by atoms with Crippen LogP contribution in [0.25, 0.3) is 0 Å². The summed E-state index contributed by atoms with van der Waals surface area (Å²) in [5.74, 6) is 0.0608. The standard InChI is InChI=1S/C37H71NO/c1-4-7-9-11-13-15-17-19-21-22-24-26-28-30-32-34-36(39)37(38,6-3)35-33-31-29-27-25-23-20-18-16-14-12-10-8-5-2/h32-35H,4-31,38H2,1-3H3. The van der Waals surface area contributed by atoms with Crippen LogP contribution < -0.4 is 5.73 Å². The van der Waals surface area contributed by atoms with Gasteiger partial charge in [0, 0.05) is 0 Å². The average Bonchev–Trinajstić information content (AvgIpc) is 2.95. The van der Waals surface area contributed by atoms with Crippen molar-refractivity contribution in [3.8, 4) is 0 Å². The van der Waals surface area contributed by atoms with E-state index in [1.54, 1.807) is 6.08 Å². The number of carbonyl (C=O) groups excluding carboxylic acids is 1. The maximum Gasteiger partial charge on any atom is 0.179 e. The summed E-state index contributed by atoms with van der Waals surface area (Å²) in [7, 11) is 0. The van der Waals surface area contributed by atoms with E-state index in [1.165, 1.54) is 161 Å². The molecule has 0 aromatic carbocycles. The van der Waals surface area contributed by atoms with E-state index in [4.69, 9.17) is 5.73 Å². The third kappa shape index (κ3) is 25.8. The van der Waals surface area contributed by atoms with Crippen LogP contribution in [0, 0.1) is 0 Å². The van der Waals surface area contributed by atoms with Gasteiger partial charge in [-0.15, -0.1) is 0 Å². The lowest BCUT2D eigenvalue weighted by Gasteiger charge is -2.20. The van der Waals surface area contributed by atoms with Crippen LogP contribution in [-0.4, -0.2) is 11.3 Å². The summed E-state index contributed by atoms with van der Waals surface area (Å²) in [6, 6.07) is 0. The summed E-state index contributed by atoms with van der Waals surface area (Å²) in [5, 5.41) is 0. The lowest BCUT2D eigenvalue weighted by atomic mass is 9.90.